The lowest BCUT2D eigenvalue weighted by molar-refractivity contribution is 0.0754. The van der Waals surface area contributed by atoms with Crippen LogP contribution in [0.25, 0.3) is 0 Å². The van der Waals surface area contributed by atoms with Crippen LogP contribution in [0.5, 0.6) is 0 Å². The summed E-state index contributed by atoms with van der Waals surface area (Å²) in [6.07, 6.45) is 1.32. The number of thioether (sulfide) groups is 1. The van der Waals surface area contributed by atoms with E-state index in [1.165, 1.54) is 15.6 Å². The molecule has 15 heavy (non-hydrogen) atoms. The normalized spacial score (nSPS) is 26.3. The van der Waals surface area contributed by atoms with E-state index in [2.05, 4.69) is 5.32 Å². The van der Waals surface area contributed by atoms with Crippen molar-refractivity contribution < 1.29 is 4.74 Å². The summed E-state index contributed by atoms with van der Waals surface area (Å²) in [7, 11) is 0. The summed E-state index contributed by atoms with van der Waals surface area (Å²) in [5, 5.41) is 4.57. The predicted octanol–water partition coefficient (Wildman–Crippen LogP) is 1.59. The largest absolute Gasteiger partial charge is 0.369 e. The first-order chi connectivity index (χ1) is 7.43. The molecule has 1 aromatic rings. The van der Waals surface area contributed by atoms with Crippen LogP contribution in [0.2, 0.25) is 0 Å². The highest BCUT2D eigenvalue weighted by Crippen LogP contribution is 2.32. The smallest absolute Gasteiger partial charge is 0.123 e. The van der Waals surface area contributed by atoms with Gasteiger partial charge in [0.15, 0.2) is 0 Å². The molecule has 1 saturated heterocycles. The van der Waals surface area contributed by atoms with Crippen molar-refractivity contribution in [2.75, 3.05) is 24.7 Å². The van der Waals surface area contributed by atoms with Gasteiger partial charge in [0.05, 0.1) is 12.3 Å². The Bertz CT molecular complexity index is 324. The number of aromatic nitrogens is 1. The Morgan fingerprint density at radius 2 is 2.47 bits per heavy atom. The Kier molecular flexibility index (Phi) is 2.96. The number of thiazole rings is 1. The maximum absolute atomic E-state index is 5.75. The van der Waals surface area contributed by atoms with Crippen LogP contribution < -0.4 is 5.32 Å². The van der Waals surface area contributed by atoms with Crippen molar-refractivity contribution in [3.05, 3.63) is 15.6 Å². The number of hydrogen-bond donors (Lipinski definition) is 1. The fraction of sp³-hybridized carbons (Fsp3) is 0.700. The van der Waals surface area contributed by atoms with E-state index in [1.54, 1.807) is 0 Å². The zero-order chi connectivity index (χ0) is 10.1. The first-order valence-corrected chi connectivity index (χ1v) is 7.29. The van der Waals surface area contributed by atoms with Gasteiger partial charge in [-0.15, -0.1) is 11.3 Å². The minimum absolute atomic E-state index is 0.249. The van der Waals surface area contributed by atoms with Gasteiger partial charge in [-0.25, -0.2) is 4.98 Å². The van der Waals surface area contributed by atoms with Crippen molar-refractivity contribution in [1.29, 1.82) is 0 Å². The van der Waals surface area contributed by atoms with E-state index in [4.69, 9.17) is 9.72 Å². The zero-order valence-corrected chi connectivity index (χ0v) is 10.1. The molecule has 0 saturated carbocycles. The molecule has 0 aliphatic carbocycles. The molecule has 0 bridgehead atoms. The molecule has 1 unspecified atom stereocenters. The molecule has 1 N–H and O–H groups in total. The van der Waals surface area contributed by atoms with Crippen LogP contribution in [0.15, 0.2) is 0 Å². The van der Waals surface area contributed by atoms with Gasteiger partial charge in [-0.1, -0.05) is 0 Å². The van der Waals surface area contributed by atoms with E-state index < -0.39 is 0 Å². The van der Waals surface area contributed by atoms with Gasteiger partial charge in [-0.05, 0) is 0 Å². The third-order valence-corrected chi connectivity index (χ3v) is 4.89. The number of rotatable bonds is 1. The third-order valence-electron chi connectivity index (χ3n) is 2.71. The average Bonchev–Trinajstić information content (AvgIpc) is 2.74. The highest BCUT2D eigenvalue weighted by molar-refractivity contribution is 7.99. The van der Waals surface area contributed by atoms with Crippen LogP contribution in [-0.2, 0) is 17.7 Å². The molecule has 2 aliphatic rings. The van der Waals surface area contributed by atoms with Gasteiger partial charge in [-0.2, -0.15) is 11.8 Å². The molecule has 1 aromatic heterocycles. The van der Waals surface area contributed by atoms with Gasteiger partial charge in [0.1, 0.15) is 11.1 Å². The second-order valence-corrected chi connectivity index (χ2v) is 6.05. The fourth-order valence-electron chi connectivity index (χ4n) is 1.91. The highest BCUT2D eigenvalue weighted by Gasteiger charge is 2.23. The molecule has 3 nitrogen and oxygen atoms in total. The van der Waals surface area contributed by atoms with Crippen LogP contribution in [-0.4, -0.2) is 29.6 Å². The summed E-state index contributed by atoms with van der Waals surface area (Å²) < 4.78 is 5.75. The van der Waals surface area contributed by atoms with Crippen LogP contribution in [0.3, 0.4) is 0 Å². The van der Waals surface area contributed by atoms with E-state index in [-0.39, 0.29) is 6.10 Å². The Morgan fingerprint density at radius 1 is 1.47 bits per heavy atom. The SMILES string of the molecule is C1Cc2nc(C3CSCCO3)sc2CN1. The van der Waals surface area contributed by atoms with Crippen LogP contribution in [0.1, 0.15) is 21.7 Å². The number of hydrogen-bond acceptors (Lipinski definition) is 5. The molecule has 0 radical (unpaired) electrons. The molecule has 82 valence electrons. The van der Waals surface area contributed by atoms with E-state index in [0.29, 0.717) is 0 Å². The van der Waals surface area contributed by atoms with E-state index >= 15 is 0 Å². The van der Waals surface area contributed by atoms with Gasteiger partial charge in [0.25, 0.3) is 0 Å². The molecule has 1 fully saturated rings. The minimum atomic E-state index is 0.249. The first-order valence-electron chi connectivity index (χ1n) is 5.32. The summed E-state index contributed by atoms with van der Waals surface area (Å²) in [6, 6.07) is 0. The Labute approximate surface area is 97.6 Å². The van der Waals surface area contributed by atoms with Gasteiger partial charge >= 0.3 is 0 Å². The predicted molar refractivity (Wildman–Crippen MR) is 63.5 cm³/mol. The number of ether oxygens (including phenoxy) is 1. The van der Waals surface area contributed by atoms with Crippen molar-refractivity contribution in [3.63, 3.8) is 0 Å². The van der Waals surface area contributed by atoms with Gasteiger partial charge in [-0.3, -0.25) is 0 Å². The number of nitrogens with zero attached hydrogens (tertiary/aromatic N) is 1. The second kappa shape index (κ2) is 4.41. The lowest BCUT2D eigenvalue weighted by Gasteiger charge is -2.19. The standard InChI is InChI=1S/C10H14N2OS2/c1-2-11-5-9-7(1)12-10(15-9)8-6-14-4-3-13-8/h8,11H,1-6H2. The Balaban J connectivity index is 1.82. The molecular weight excluding hydrogens is 228 g/mol. The average molecular weight is 242 g/mol. The molecule has 2 aliphatic heterocycles. The van der Waals surface area contributed by atoms with Crippen molar-refractivity contribution in [1.82, 2.24) is 10.3 Å². The van der Waals surface area contributed by atoms with Crippen molar-refractivity contribution in [2.24, 2.45) is 0 Å². The number of fused-ring (bicyclic) bond motifs is 1. The van der Waals surface area contributed by atoms with Gasteiger partial charge < -0.3 is 10.1 Å². The summed E-state index contributed by atoms with van der Waals surface area (Å²) in [5.74, 6) is 2.20. The third kappa shape index (κ3) is 2.06. The summed E-state index contributed by atoms with van der Waals surface area (Å²) in [6.45, 7) is 2.93. The van der Waals surface area contributed by atoms with Gasteiger partial charge in [0, 0.05) is 35.9 Å². The maximum atomic E-state index is 5.75. The van der Waals surface area contributed by atoms with Crippen LogP contribution in [0.4, 0.5) is 0 Å². The zero-order valence-electron chi connectivity index (χ0n) is 8.49. The quantitative estimate of drug-likeness (QED) is 0.811. The molecule has 0 spiro atoms. The van der Waals surface area contributed by atoms with Crippen LogP contribution >= 0.6 is 23.1 Å². The molecule has 0 amide bonds. The van der Waals surface area contributed by atoms with E-state index in [1.807, 2.05) is 23.1 Å². The molecule has 5 heteroatoms. The molecule has 3 rings (SSSR count). The van der Waals surface area contributed by atoms with Crippen molar-refractivity contribution >= 4 is 23.1 Å². The van der Waals surface area contributed by atoms with E-state index in [9.17, 15) is 0 Å². The van der Waals surface area contributed by atoms with Crippen molar-refractivity contribution in [3.8, 4) is 0 Å². The first kappa shape index (κ1) is 10.1. The lowest BCUT2D eigenvalue weighted by atomic mass is 10.2. The monoisotopic (exact) mass is 242 g/mol. The van der Waals surface area contributed by atoms with Crippen LogP contribution in [0, 0.1) is 0 Å². The highest BCUT2D eigenvalue weighted by atomic mass is 32.2. The Hall–Kier alpha value is -0.100. The molecule has 1 atom stereocenters. The molecule has 0 aromatic carbocycles. The summed E-state index contributed by atoms with van der Waals surface area (Å²) >= 11 is 3.80. The number of nitrogens with one attached hydrogen (secondary N) is 1. The second-order valence-electron chi connectivity index (χ2n) is 3.78. The van der Waals surface area contributed by atoms with Gasteiger partial charge in [0.2, 0.25) is 0 Å². The summed E-state index contributed by atoms with van der Waals surface area (Å²) in [4.78, 5) is 6.13. The Morgan fingerprint density at radius 3 is 3.27 bits per heavy atom. The minimum Gasteiger partial charge on any atom is -0.369 e. The fourth-order valence-corrected chi connectivity index (χ4v) is 4.00. The molecular formula is C10H14N2OS2. The summed E-state index contributed by atoms with van der Waals surface area (Å²) in [5.41, 5.74) is 1.30. The maximum Gasteiger partial charge on any atom is 0.123 e. The topological polar surface area (TPSA) is 34.1 Å². The van der Waals surface area contributed by atoms with Crippen molar-refractivity contribution in [2.45, 2.75) is 19.1 Å². The van der Waals surface area contributed by atoms with E-state index in [0.717, 1.165) is 37.6 Å². The lowest BCUT2D eigenvalue weighted by Crippen LogP contribution is -2.22. The molecule has 3 heterocycles.